The minimum atomic E-state index is -1.19. The summed E-state index contributed by atoms with van der Waals surface area (Å²) in [6.45, 7) is -0.0137. The molecule has 0 aliphatic heterocycles. The van der Waals surface area contributed by atoms with Gasteiger partial charge >= 0.3 is 5.97 Å². The first-order valence-corrected chi connectivity index (χ1v) is 11.9. The summed E-state index contributed by atoms with van der Waals surface area (Å²) >= 11 is 0. The van der Waals surface area contributed by atoms with Gasteiger partial charge in [0, 0.05) is 93.0 Å². The number of aliphatic carboxylic acids is 1. The molecule has 0 saturated carbocycles. The number of nitrogens with zero attached hydrogens (tertiary/aromatic N) is 4. The first-order valence-electron chi connectivity index (χ1n) is 11.9. The predicted octanol–water partition coefficient (Wildman–Crippen LogP) is 2.88. The zero-order valence-corrected chi connectivity index (χ0v) is 25.1. The van der Waals surface area contributed by atoms with Crippen LogP contribution in [-0.2, 0) is 4.79 Å². The number of H-pyrrole nitrogens is 1. The van der Waals surface area contributed by atoms with E-state index in [1.165, 1.54) is 0 Å². The van der Waals surface area contributed by atoms with Crippen molar-refractivity contribution >= 4 is 91.6 Å². The van der Waals surface area contributed by atoms with Crippen molar-refractivity contribution in [1.82, 2.24) is 25.3 Å². The molecular formula is C28H27KN7O4. The zero-order chi connectivity index (χ0) is 26.5. The van der Waals surface area contributed by atoms with Gasteiger partial charge in [0.1, 0.15) is 11.9 Å². The van der Waals surface area contributed by atoms with Crippen molar-refractivity contribution in [1.29, 1.82) is 0 Å². The Labute approximate surface area is 272 Å². The Bertz CT molecular complexity index is 1540. The van der Waals surface area contributed by atoms with Gasteiger partial charge in [-0.2, -0.15) is 0 Å². The van der Waals surface area contributed by atoms with E-state index in [-0.39, 0.29) is 63.4 Å². The fourth-order valence-electron chi connectivity index (χ4n) is 4.10. The smallest absolute Gasteiger partial charge is 0.328 e. The van der Waals surface area contributed by atoms with Crippen molar-refractivity contribution < 1.29 is 20.2 Å². The number of hydrogen-bond acceptors (Lipinski definition) is 7. The number of pyridine rings is 1. The average molecular weight is 565 g/mol. The van der Waals surface area contributed by atoms with E-state index in [1.54, 1.807) is 60.7 Å². The van der Waals surface area contributed by atoms with E-state index in [2.05, 4.69) is 30.6 Å². The maximum atomic E-state index is 13.2. The molecule has 0 aliphatic carbocycles. The summed E-state index contributed by atoms with van der Waals surface area (Å²) in [7, 11) is 1.75. The molecule has 3 heterocycles. The first-order chi connectivity index (χ1) is 18.5. The topological polar surface area (TPSA) is 168 Å². The molecule has 1 unspecified atom stereocenters. The van der Waals surface area contributed by atoms with Crippen LogP contribution in [0.5, 0.6) is 0 Å². The normalized spacial score (nSPS) is 11.0. The monoisotopic (exact) mass is 564 g/mol. The van der Waals surface area contributed by atoms with E-state index in [9.17, 15) is 14.7 Å². The molecule has 5 aromatic rings. The molecule has 0 fully saturated rings. The number of carbonyl (C=O) groups excluding carboxylic acids is 1. The summed E-state index contributed by atoms with van der Waals surface area (Å²) < 4.78 is 0. The predicted molar refractivity (Wildman–Crippen MR) is 155 cm³/mol. The Balaban J connectivity index is 0.00000220. The van der Waals surface area contributed by atoms with E-state index in [0.29, 0.717) is 23.0 Å². The summed E-state index contributed by atoms with van der Waals surface area (Å²) in [5, 5.41) is 16.4. The number of hydrogen-bond donors (Lipinski definition) is 4. The maximum Gasteiger partial charge on any atom is 0.328 e. The van der Waals surface area contributed by atoms with Crippen LogP contribution in [-0.4, -0.2) is 113 Å². The van der Waals surface area contributed by atoms with Gasteiger partial charge in [0.15, 0.2) is 0 Å². The molecule has 1 atom stereocenters. The molecular weight excluding hydrogens is 537 g/mol. The van der Waals surface area contributed by atoms with Gasteiger partial charge in [-0.15, -0.1) is 0 Å². The Kier molecular flexibility index (Phi) is 10.9. The molecule has 40 heavy (non-hydrogen) atoms. The third-order valence-electron chi connectivity index (χ3n) is 6.00. The number of fused-ring (bicyclic) bond motifs is 1. The summed E-state index contributed by atoms with van der Waals surface area (Å²) in [6.07, 6.45) is 3.30. The quantitative estimate of drug-likeness (QED) is 0.198. The molecule has 1 radical (unpaired) electrons. The van der Waals surface area contributed by atoms with Crippen LogP contribution in [0.1, 0.15) is 10.4 Å². The average Bonchev–Trinajstić information content (AvgIpc) is 3.39. The summed E-state index contributed by atoms with van der Waals surface area (Å²) in [5.41, 5.74) is 3.40. The van der Waals surface area contributed by atoms with Crippen molar-refractivity contribution in [3.8, 4) is 11.4 Å². The molecule has 1 amide bonds. The molecule has 0 aliphatic rings. The Hall–Kier alpha value is -3.65. The molecule has 0 saturated heterocycles. The van der Waals surface area contributed by atoms with Crippen molar-refractivity contribution in [2.45, 2.75) is 6.04 Å². The van der Waals surface area contributed by atoms with E-state index in [1.807, 2.05) is 42.5 Å². The molecule has 12 heteroatoms. The molecule has 6 N–H and O–H groups in total. The summed E-state index contributed by atoms with van der Waals surface area (Å²) in [5.74, 6) is -0.567. The van der Waals surface area contributed by atoms with Crippen molar-refractivity contribution in [2.75, 3.05) is 23.8 Å². The number of aromatic nitrogens is 4. The van der Waals surface area contributed by atoms with Gasteiger partial charge in [-0.25, -0.2) is 19.7 Å². The first kappa shape index (κ1) is 30.9. The Morgan fingerprint density at radius 2 is 1.75 bits per heavy atom. The minimum absolute atomic E-state index is 0. The molecule has 0 spiro atoms. The number of para-hydroxylation sites is 1. The number of carboxylic acid groups (broad SMARTS) is 1. The minimum Gasteiger partial charge on any atom is -0.480 e. The third kappa shape index (κ3) is 7.10. The van der Waals surface area contributed by atoms with Gasteiger partial charge in [-0.05, 0) is 54.6 Å². The van der Waals surface area contributed by atoms with E-state index >= 15 is 0 Å². The maximum absolute atomic E-state index is 13.2. The molecule has 11 nitrogen and oxygen atoms in total. The number of carboxylic acids is 1. The van der Waals surface area contributed by atoms with Gasteiger partial charge in [-0.3, -0.25) is 4.79 Å². The number of benzene rings is 2. The van der Waals surface area contributed by atoms with E-state index in [4.69, 9.17) is 0 Å². The van der Waals surface area contributed by atoms with Gasteiger partial charge < -0.3 is 31.1 Å². The van der Waals surface area contributed by atoms with Gasteiger partial charge in [0.05, 0.1) is 17.9 Å². The van der Waals surface area contributed by atoms with Crippen LogP contribution < -0.4 is 15.5 Å². The number of rotatable bonds is 9. The number of aromatic amines is 1. The second-order valence-electron chi connectivity index (χ2n) is 8.50. The second-order valence-corrected chi connectivity index (χ2v) is 8.50. The fourth-order valence-corrected chi connectivity index (χ4v) is 4.10. The molecule has 0 bridgehead atoms. The number of carbonyl (C=O) groups is 2. The Morgan fingerprint density at radius 3 is 2.45 bits per heavy atom. The van der Waals surface area contributed by atoms with Crippen LogP contribution in [0.3, 0.4) is 0 Å². The summed E-state index contributed by atoms with van der Waals surface area (Å²) in [6, 6.07) is 22.4. The second kappa shape index (κ2) is 14.1. The van der Waals surface area contributed by atoms with Crippen LogP contribution in [0.25, 0.3) is 22.3 Å². The standard InChI is InChI=1S/C28H25N7O3.K.H2O/c1-29-28-31-14-12-22(34-28)23-16-19-15-18(10-11-21(19)32-23)26(36)33-24(27(37)38)17-35(20-7-3-2-4-8-20)25-9-5-6-13-30-25;;/h2-16,24,32H,17H2,1H3,(H,33,36)(H,37,38)(H,29,31,34);;1H2. The third-order valence-corrected chi connectivity index (χ3v) is 6.00. The van der Waals surface area contributed by atoms with Crippen LogP contribution in [0, 0.1) is 0 Å². The van der Waals surface area contributed by atoms with Crippen LogP contribution in [0.15, 0.2) is 91.3 Å². The largest absolute Gasteiger partial charge is 0.480 e. The van der Waals surface area contributed by atoms with Gasteiger partial charge in [0.25, 0.3) is 5.91 Å². The molecule has 199 valence electrons. The fraction of sp³-hybridized carbons (Fsp3) is 0.107. The van der Waals surface area contributed by atoms with Crippen LogP contribution >= 0.6 is 0 Å². The van der Waals surface area contributed by atoms with E-state index in [0.717, 1.165) is 22.3 Å². The van der Waals surface area contributed by atoms with Gasteiger partial charge in [-0.1, -0.05) is 24.3 Å². The number of nitrogens with one attached hydrogen (secondary N) is 3. The zero-order valence-electron chi connectivity index (χ0n) is 22.0. The molecule has 2 aromatic carbocycles. The number of amides is 1. The molecule has 3 aromatic heterocycles. The number of anilines is 3. The van der Waals surface area contributed by atoms with E-state index < -0.39 is 17.9 Å². The van der Waals surface area contributed by atoms with Crippen LogP contribution in [0.4, 0.5) is 17.5 Å². The Morgan fingerprint density at radius 1 is 0.975 bits per heavy atom. The summed E-state index contributed by atoms with van der Waals surface area (Å²) in [4.78, 5) is 43.4. The SMILES string of the molecule is CNc1nccc(-c2cc3cc(C(=O)NC(CN(c4ccccc4)c4ccccn4)C(=O)O)ccc3[nH]2)n1.O.[K]. The van der Waals surface area contributed by atoms with Crippen molar-refractivity contribution in [3.05, 3.63) is 96.8 Å². The van der Waals surface area contributed by atoms with Gasteiger partial charge in [0.2, 0.25) is 5.95 Å². The van der Waals surface area contributed by atoms with Crippen molar-refractivity contribution in [2.24, 2.45) is 0 Å². The molecule has 5 rings (SSSR count). The van der Waals surface area contributed by atoms with Crippen LogP contribution in [0.2, 0.25) is 0 Å². The van der Waals surface area contributed by atoms with Crippen molar-refractivity contribution in [3.63, 3.8) is 0 Å².